The van der Waals surface area contributed by atoms with Crippen molar-refractivity contribution in [1.82, 2.24) is 10.6 Å². The van der Waals surface area contributed by atoms with Crippen LogP contribution in [0.2, 0.25) is 0 Å². The molecule has 0 fully saturated rings. The monoisotopic (exact) mass is 508 g/mol. The summed E-state index contributed by atoms with van der Waals surface area (Å²) in [4.78, 5) is 0. The number of rotatable bonds is 12. The normalized spacial score (nSPS) is 11.2. The molecule has 0 saturated carbocycles. The van der Waals surface area contributed by atoms with Crippen molar-refractivity contribution in [2.75, 3.05) is 26.2 Å². The number of ether oxygens (including phenoxy) is 2. The van der Waals surface area contributed by atoms with E-state index in [1.54, 1.807) is 6.92 Å². The average Bonchev–Trinajstić information content (AvgIpc) is 2.65. The van der Waals surface area contributed by atoms with Crippen LogP contribution < -0.4 is 20.1 Å². The molecule has 0 saturated heterocycles. The largest absolute Gasteiger partial charge is 0.490 e. The molecule has 0 aromatic heterocycles. The molecule has 1 atom stereocenters. The van der Waals surface area contributed by atoms with E-state index in [4.69, 9.17) is 9.47 Å². The van der Waals surface area contributed by atoms with Gasteiger partial charge in [-0.3, -0.25) is 0 Å². The van der Waals surface area contributed by atoms with Crippen molar-refractivity contribution in [3.8, 4) is 11.5 Å². The number of hydrogen-bond donors (Lipinski definition) is 3. The Hall–Kier alpha value is -1.02. The van der Waals surface area contributed by atoms with Gasteiger partial charge in [0, 0.05) is 26.2 Å². The van der Waals surface area contributed by atoms with Crippen LogP contribution in [0.4, 0.5) is 0 Å². The molecule has 0 aliphatic rings. The zero-order chi connectivity index (χ0) is 19.5. The van der Waals surface area contributed by atoms with Crippen LogP contribution in [0, 0.1) is 0 Å². The van der Waals surface area contributed by atoms with Gasteiger partial charge in [-0.05, 0) is 53.0 Å². The molecular formula is C21H31BrCl2N2O3. The van der Waals surface area contributed by atoms with Gasteiger partial charge >= 0.3 is 0 Å². The van der Waals surface area contributed by atoms with E-state index in [-0.39, 0.29) is 30.9 Å². The van der Waals surface area contributed by atoms with Gasteiger partial charge in [-0.25, -0.2) is 0 Å². The molecular weight excluding hydrogens is 479 g/mol. The van der Waals surface area contributed by atoms with Gasteiger partial charge in [-0.2, -0.15) is 0 Å². The topological polar surface area (TPSA) is 62.8 Å². The fraction of sp³-hybridized carbons (Fsp3) is 0.429. The first-order chi connectivity index (χ1) is 13.1. The van der Waals surface area contributed by atoms with E-state index in [1.807, 2.05) is 43.3 Å². The first-order valence-electron chi connectivity index (χ1n) is 9.31. The highest BCUT2D eigenvalue weighted by molar-refractivity contribution is 9.10. The van der Waals surface area contributed by atoms with E-state index in [9.17, 15) is 5.11 Å². The van der Waals surface area contributed by atoms with Crippen LogP contribution in [0.5, 0.6) is 11.5 Å². The summed E-state index contributed by atoms with van der Waals surface area (Å²) in [6.45, 7) is 7.77. The molecule has 5 nitrogen and oxygen atoms in total. The first kappa shape index (κ1) is 28.0. The van der Waals surface area contributed by atoms with Crippen molar-refractivity contribution < 1.29 is 14.6 Å². The molecule has 8 heteroatoms. The average molecular weight is 510 g/mol. The van der Waals surface area contributed by atoms with Crippen LogP contribution in [-0.2, 0) is 13.2 Å². The van der Waals surface area contributed by atoms with Crippen molar-refractivity contribution >= 4 is 40.7 Å². The van der Waals surface area contributed by atoms with Gasteiger partial charge in [0.2, 0.25) is 0 Å². The van der Waals surface area contributed by atoms with E-state index in [1.165, 1.54) is 0 Å². The molecule has 0 aliphatic carbocycles. The standard InChI is InChI=1S/C21H29BrN2O3.2ClH/c1-3-26-20-12-18(14-24-10-9-23-13-16(2)25)11-19(22)21(20)27-15-17-7-5-4-6-8-17;;/h4-8,11-12,16,23-25H,3,9-10,13-15H2,1-2H3;2*1H. The Morgan fingerprint density at radius 2 is 1.69 bits per heavy atom. The predicted molar refractivity (Wildman–Crippen MR) is 127 cm³/mol. The van der Waals surface area contributed by atoms with Gasteiger partial charge in [0.05, 0.1) is 17.2 Å². The lowest BCUT2D eigenvalue weighted by molar-refractivity contribution is 0.191. The van der Waals surface area contributed by atoms with Crippen LogP contribution >= 0.6 is 40.7 Å². The maximum Gasteiger partial charge on any atom is 0.175 e. The zero-order valence-electron chi connectivity index (χ0n) is 16.8. The van der Waals surface area contributed by atoms with Crippen LogP contribution in [0.15, 0.2) is 46.9 Å². The minimum atomic E-state index is -0.321. The second-order valence-electron chi connectivity index (χ2n) is 6.34. The van der Waals surface area contributed by atoms with E-state index < -0.39 is 0 Å². The lowest BCUT2D eigenvalue weighted by atomic mass is 10.2. The molecule has 2 rings (SSSR count). The van der Waals surface area contributed by atoms with Gasteiger partial charge in [0.15, 0.2) is 11.5 Å². The molecule has 1 unspecified atom stereocenters. The Bertz CT molecular complexity index is 691. The molecule has 29 heavy (non-hydrogen) atoms. The first-order valence-corrected chi connectivity index (χ1v) is 10.1. The second kappa shape index (κ2) is 15.8. The van der Waals surface area contributed by atoms with E-state index >= 15 is 0 Å². The maximum absolute atomic E-state index is 9.23. The number of nitrogens with one attached hydrogen (secondary N) is 2. The summed E-state index contributed by atoms with van der Waals surface area (Å²) in [6.07, 6.45) is -0.321. The highest BCUT2D eigenvalue weighted by atomic mass is 79.9. The number of aliphatic hydroxyl groups is 1. The third kappa shape index (κ3) is 10.5. The summed E-state index contributed by atoms with van der Waals surface area (Å²) in [6, 6.07) is 14.1. The minimum Gasteiger partial charge on any atom is -0.490 e. The van der Waals surface area contributed by atoms with Crippen LogP contribution in [0.1, 0.15) is 25.0 Å². The summed E-state index contributed by atoms with van der Waals surface area (Å²) in [7, 11) is 0. The van der Waals surface area contributed by atoms with E-state index in [0.29, 0.717) is 19.8 Å². The van der Waals surface area contributed by atoms with Gasteiger partial charge < -0.3 is 25.2 Å². The molecule has 0 heterocycles. The van der Waals surface area contributed by atoms with E-state index in [2.05, 4.69) is 32.6 Å². The molecule has 0 bridgehead atoms. The summed E-state index contributed by atoms with van der Waals surface area (Å²) in [5, 5.41) is 15.8. The summed E-state index contributed by atoms with van der Waals surface area (Å²) in [5.41, 5.74) is 2.23. The number of aliphatic hydroxyl groups excluding tert-OH is 1. The van der Waals surface area contributed by atoms with Crippen LogP contribution in [0.25, 0.3) is 0 Å². The smallest absolute Gasteiger partial charge is 0.175 e. The van der Waals surface area contributed by atoms with Gasteiger partial charge in [0.25, 0.3) is 0 Å². The van der Waals surface area contributed by atoms with Crippen molar-refractivity contribution in [3.05, 3.63) is 58.1 Å². The summed E-state index contributed by atoms with van der Waals surface area (Å²) < 4.78 is 12.7. The number of benzene rings is 2. The maximum atomic E-state index is 9.23. The van der Waals surface area contributed by atoms with Gasteiger partial charge in [0.1, 0.15) is 6.61 Å². The SMILES string of the molecule is CCOc1cc(CNCCNCC(C)O)cc(Br)c1OCc1ccccc1.Cl.Cl. The van der Waals surface area contributed by atoms with Crippen molar-refractivity contribution in [1.29, 1.82) is 0 Å². The lowest BCUT2D eigenvalue weighted by Crippen LogP contribution is -2.31. The molecule has 164 valence electrons. The predicted octanol–water partition coefficient (Wildman–Crippen LogP) is 4.33. The minimum absolute atomic E-state index is 0. The van der Waals surface area contributed by atoms with E-state index in [0.717, 1.165) is 46.7 Å². The fourth-order valence-electron chi connectivity index (χ4n) is 2.58. The molecule has 2 aromatic rings. The van der Waals surface area contributed by atoms with Crippen molar-refractivity contribution in [3.63, 3.8) is 0 Å². The van der Waals surface area contributed by atoms with Crippen molar-refractivity contribution in [2.24, 2.45) is 0 Å². The highest BCUT2D eigenvalue weighted by Gasteiger charge is 2.12. The number of halogens is 3. The second-order valence-corrected chi connectivity index (χ2v) is 7.20. The quantitative estimate of drug-likeness (QED) is 0.372. The molecule has 0 radical (unpaired) electrons. The Labute approximate surface area is 194 Å². The molecule has 0 spiro atoms. The third-order valence-corrected chi connectivity index (χ3v) is 4.43. The Morgan fingerprint density at radius 1 is 1.00 bits per heavy atom. The highest BCUT2D eigenvalue weighted by Crippen LogP contribution is 2.37. The summed E-state index contributed by atoms with van der Waals surface area (Å²) in [5.74, 6) is 1.47. The van der Waals surface area contributed by atoms with Crippen LogP contribution in [-0.4, -0.2) is 37.5 Å². The lowest BCUT2D eigenvalue weighted by Gasteiger charge is -2.16. The summed E-state index contributed by atoms with van der Waals surface area (Å²) >= 11 is 3.62. The Kier molecular flexibility index (Phi) is 15.2. The van der Waals surface area contributed by atoms with Gasteiger partial charge in [-0.15, -0.1) is 24.8 Å². The molecule has 0 aliphatic heterocycles. The third-order valence-electron chi connectivity index (χ3n) is 3.84. The fourth-order valence-corrected chi connectivity index (χ4v) is 3.18. The molecule has 0 amide bonds. The molecule has 2 aromatic carbocycles. The molecule has 3 N–H and O–H groups in total. The Morgan fingerprint density at radius 3 is 2.34 bits per heavy atom. The Balaban J connectivity index is 0.00000392. The van der Waals surface area contributed by atoms with Crippen LogP contribution in [0.3, 0.4) is 0 Å². The number of hydrogen-bond acceptors (Lipinski definition) is 5. The van der Waals surface area contributed by atoms with Crippen molar-refractivity contribution in [2.45, 2.75) is 33.1 Å². The zero-order valence-corrected chi connectivity index (χ0v) is 20.0. The van der Waals surface area contributed by atoms with Gasteiger partial charge in [-0.1, -0.05) is 30.3 Å².